The van der Waals surface area contributed by atoms with Crippen LogP contribution in [0.1, 0.15) is 22.3 Å². The molecule has 4 aromatic heterocycles. The van der Waals surface area contributed by atoms with Crippen molar-refractivity contribution in [1.29, 1.82) is 0 Å². The van der Waals surface area contributed by atoms with Gasteiger partial charge >= 0.3 is 0 Å². The number of benzene rings is 18. The van der Waals surface area contributed by atoms with Gasteiger partial charge in [0, 0.05) is 67.9 Å². The van der Waals surface area contributed by atoms with Gasteiger partial charge in [-0.1, -0.05) is 273 Å². The Bertz CT molecular complexity index is 7530. The van der Waals surface area contributed by atoms with E-state index >= 15 is 0 Å². The number of rotatable bonds is 7. The van der Waals surface area contributed by atoms with Crippen molar-refractivity contribution in [2.45, 2.75) is 5.41 Å². The summed E-state index contributed by atoms with van der Waals surface area (Å²) in [7, 11) is 0. The van der Waals surface area contributed by atoms with Crippen LogP contribution in [0.5, 0.6) is 0 Å². The number of hydrogen-bond acceptors (Lipinski definition) is 6. The monoisotopic (exact) mass is 1410 g/mol. The average molecular weight is 1410 g/mol. The summed E-state index contributed by atoms with van der Waals surface area (Å²) in [4.78, 5) is 18.9. The van der Waals surface area contributed by atoms with E-state index in [4.69, 9.17) is 23.8 Å². The molecule has 0 amide bonds. The van der Waals surface area contributed by atoms with Crippen molar-refractivity contribution in [2.75, 3.05) is 0 Å². The van der Waals surface area contributed by atoms with Crippen LogP contribution in [0.4, 0.5) is 0 Å². The molecule has 18 aromatic carbocycles. The Balaban J connectivity index is 0.000000137. The average Bonchev–Trinajstić information content (AvgIpc) is 1.51. The fourth-order valence-electron chi connectivity index (χ4n) is 18.4. The van der Waals surface area contributed by atoms with E-state index in [1.54, 1.807) is 24.8 Å². The first kappa shape index (κ1) is 62.5. The van der Waals surface area contributed by atoms with Crippen LogP contribution in [0.15, 0.2) is 385 Å². The van der Waals surface area contributed by atoms with Crippen molar-refractivity contribution in [3.63, 3.8) is 0 Å². The van der Waals surface area contributed by atoms with Gasteiger partial charge in [0.05, 0.1) is 27.5 Å². The van der Waals surface area contributed by atoms with Crippen molar-refractivity contribution < 1.29 is 8.83 Å². The summed E-state index contributed by atoms with van der Waals surface area (Å²) in [5.74, 6) is 0. The van der Waals surface area contributed by atoms with Gasteiger partial charge in [-0.25, -0.2) is 0 Å². The summed E-state index contributed by atoms with van der Waals surface area (Å²) < 4.78 is 12.8. The Kier molecular flexibility index (Phi) is 13.9. The van der Waals surface area contributed by atoms with Crippen LogP contribution < -0.4 is 0 Å². The number of nitrogens with zero attached hydrogens (tertiary/aromatic N) is 4. The molecule has 24 rings (SSSR count). The fourth-order valence-corrected chi connectivity index (χ4v) is 18.4. The molecule has 0 saturated carbocycles. The topological polar surface area (TPSA) is 77.8 Å². The molecule has 1 spiro atoms. The van der Waals surface area contributed by atoms with Crippen LogP contribution in [-0.2, 0) is 5.41 Å². The van der Waals surface area contributed by atoms with Crippen molar-refractivity contribution in [3.05, 3.63) is 399 Å². The summed E-state index contributed by atoms with van der Waals surface area (Å²) >= 11 is 0. The normalized spacial score (nSPS) is 12.6. The lowest BCUT2D eigenvalue weighted by atomic mass is 9.70. The maximum absolute atomic E-state index is 6.49. The summed E-state index contributed by atoms with van der Waals surface area (Å²) in [5.41, 5.74) is 34.0. The zero-order chi connectivity index (χ0) is 72.8. The lowest BCUT2D eigenvalue weighted by Crippen LogP contribution is -2.25. The van der Waals surface area contributed by atoms with Crippen LogP contribution >= 0.6 is 0 Å². The Morgan fingerprint density at radius 3 is 0.829 bits per heavy atom. The van der Waals surface area contributed by atoms with E-state index in [1.165, 1.54) is 111 Å². The minimum absolute atomic E-state index is 0.380. The van der Waals surface area contributed by atoms with Gasteiger partial charge < -0.3 is 8.83 Å². The first-order valence-corrected chi connectivity index (χ1v) is 37.8. The molecule has 0 fully saturated rings. The zero-order valence-electron chi connectivity index (χ0n) is 59.9. The third-order valence-electron chi connectivity index (χ3n) is 23.5. The van der Waals surface area contributed by atoms with Gasteiger partial charge in [0.1, 0.15) is 22.3 Å². The Hall–Kier alpha value is -14.7. The number of fused-ring (bicyclic) bond motifs is 28. The van der Waals surface area contributed by atoms with Gasteiger partial charge in [-0.2, -0.15) is 0 Å². The molecule has 22 aromatic rings. The van der Waals surface area contributed by atoms with Gasteiger partial charge in [-0.3, -0.25) is 19.9 Å². The van der Waals surface area contributed by atoms with Gasteiger partial charge in [0.25, 0.3) is 0 Å². The molecule has 4 heterocycles. The Morgan fingerprint density at radius 1 is 0.162 bits per heavy atom. The number of hydrogen-bond donors (Lipinski definition) is 0. The third-order valence-corrected chi connectivity index (χ3v) is 23.5. The van der Waals surface area contributed by atoms with Crippen LogP contribution in [0.25, 0.3) is 209 Å². The molecule has 0 saturated heterocycles. The van der Waals surface area contributed by atoms with Crippen molar-refractivity contribution in [3.8, 4) is 100 Å². The van der Waals surface area contributed by atoms with E-state index in [9.17, 15) is 0 Å². The van der Waals surface area contributed by atoms with E-state index < -0.39 is 0 Å². The largest absolute Gasteiger partial charge is 0.456 e. The highest BCUT2D eigenvalue weighted by molar-refractivity contribution is 6.25. The SMILES string of the molecule is c1cc(-c2ccc3oc4ccc(-c5ccc6c(c5)C5(c7ccccc7-c7ccccc75)c5ccccc5-6)cc4c3c2)cc(-c2ccc3c(c2)c2ccccc2c2nccnc32)c1.c1ccc(-c2ccc(-c3ccc4oc5ccc(-c6cccc(-c7ccc8c(c7)c7ccccc7c7nccnc87)c6)cc5c4c3)cc2)cc1. The molecular formula is C105H62N4O2. The molecule has 2 aliphatic rings. The van der Waals surface area contributed by atoms with Gasteiger partial charge in [0.2, 0.25) is 0 Å². The van der Waals surface area contributed by atoms with Gasteiger partial charge in [0.15, 0.2) is 0 Å². The van der Waals surface area contributed by atoms with Gasteiger partial charge in [-0.05, 0) is 223 Å². The number of aromatic nitrogens is 4. The first-order chi connectivity index (χ1) is 55.0. The molecule has 0 atom stereocenters. The highest BCUT2D eigenvalue weighted by atomic mass is 16.3. The first-order valence-electron chi connectivity index (χ1n) is 37.8. The van der Waals surface area contributed by atoms with Crippen molar-refractivity contribution in [2.24, 2.45) is 0 Å². The lowest BCUT2D eigenvalue weighted by Gasteiger charge is -2.30. The fraction of sp³-hybridized carbons (Fsp3) is 0.00952. The van der Waals surface area contributed by atoms with E-state index in [0.29, 0.717) is 0 Å². The highest BCUT2D eigenvalue weighted by Crippen LogP contribution is 2.63. The van der Waals surface area contributed by atoms with Crippen LogP contribution in [0.2, 0.25) is 0 Å². The summed E-state index contributed by atoms with van der Waals surface area (Å²) in [6.07, 6.45) is 7.11. The van der Waals surface area contributed by atoms with Crippen molar-refractivity contribution >= 4 is 109 Å². The summed E-state index contributed by atoms with van der Waals surface area (Å²) in [6, 6.07) is 128. The predicted octanol–water partition coefficient (Wildman–Crippen LogP) is 27.7. The minimum atomic E-state index is -0.380. The highest BCUT2D eigenvalue weighted by Gasteiger charge is 2.51. The summed E-state index contributed by atoms with van der Waals surface area (Å²) in [6.45, 7) is 0. The second-order valence-corrected chi connectivity index (χ2v) is 29.4. The molecule has 0 N–H and O–H groups in total. The van der Waals surface area contributed by atoms with E-state index in [1.807, 2.05) is 0 Å². The van der Waals surface area contributed by atoms with Crippen molar-refractivity contribution in [1.82, 2.24) is 19.9 Å². The predicted molar refractivity (Wildman–Crippen MR) is 458 cm³/mol. The van der Waals surface area contributed by atoms with E-state index in [-0.39, 0.29) is 5.41 Å². The molecular weight excluding hydrogens is 1350 g/mol. The molecule has 2 aliphatic carbocycles. The second kappa shape index (κ2) is 24.7. The van der Waals surface area contributed by atoms with Crippen LogP contribution in [0.3, 0.4) is 0 Å². The van der Waals surface area contributed by atoms with Crippen LogP contribution in [0, 0.1) is 0 Å². The zero-order valence-corrected chi connectivity index (χ0v) is 59.9. The smallest absolute Gasteiger partial charge is 0.135 e. The maximum atomic E-state index is 6.49. The van der Waals surface area contributed by atoms with E-state index in [2.05, 4.69) is 357 Å². The van der Waals surface area contributed by atoms with Gasteiger partial charge in [-0.15, -0.1) is 0 Å². The molecule has 6 nitrogen and oxygen atoms in total. The molecule has 0 bridgehead atoms. The second-order valence-electron chi connectivity index (χ2n) is 29.4. The summed E-state index contributed by atoms with van der Waals surface area (Å²) in [5, 5.41) is 13.7. The molecule has 0 unspecified atom stereocenters. The lowest BCUT2D eigenvalue weighted by molar-refractivity contribution is 0.668. The Morgan fingerprint density at radius 2 is 0.423 bits per heavy atom. The molecule has 514 valence electrons. The third kappa shape index (κ3) is 9.77. The minimum Gasteiger partial charge on any atom is -0.456 e. The molecule has 0 radical (unpaired) electrons. The quantitative estimate of drug-likeness (QED) is 0.148. The molecule has 0 aliphatic heterocycles. The molecule has 111 heavy (non-hydrogen) atoms. The Labute approximate surface area is 638 Å². The van der Waals surface area contributed by atoms with Crippen LogP contribution in [-0.4, -0.2) is 19.9 Å². The molecule has 6 heteroatoms. The van der Waals surface area contributed by atoms with E-state index in [0.717, 1.165) is 121 Å². The standard InChI is InChI=1S/C59H34N2O.C46H28N2O/c1-2-16-46-41(12-1)48-31-37(21-25-47(48)58-57(46)60-28-29-61-58)35-10-9-11-36(30-35)38-22-26-55-49(32-38)50-33-39(23-27-56(50)62-55)40-20-24-45-44-15-5-8-19-53(44)59(54(45)34-40)51-17-6-3-13-42(51)43-14-4-7-18-52(43)59;1-2-7-29(8-3-1)30-13-15-31(16-14-30)34-18-21-43-41(27-34)42-28-36(19-22-44(42)49-43)33-10-6-9-32(25-33)35-17-20-39-40(26-35)37-11-4-5-12-38(37)45-46(39)48-24-23-47-45/h1-34H;1-28H. The number of furan rings is 2. The maximum Gasteiger partial charge on any atom is 0.135 e.